The monoisotopic (exact) mass is 236 g/mol. The SMILES string of the molecule is CCC(C#N)NC(=O)c1cccc(C)c1Cl. The number of halogens is 1. The molecule has 1 amide bonds. The highest BCUT2D eigenvalue weighted by Crippen LogP contribution is 2.20. The molecule has 84 valence electrons. The Kier molecular flexibility index (Phi) is 4.33. The molecule has 16 heavy (non-hydrogen) atoms. The molecule has 0 radical (unpaired) electrons. The minimum atomic E-state index is -0.468. The number of carbonyl (C=O) groups is 1. The molecule has 0 aliphatic carbocycles. The standard InChI is InChI=1S/C12H13ClN2O/c1-3-9(7-14)15-12(16)10-6-4-5-8(2)11(10)13/h4-6,9H,3H2,1-2H3,(H,15,16). The van der Waals surface area contributed by atoms with Gasteiger partial charge >= 0.3 is 0 Å². The van der Waals surface area contributed by atoms with Gasteiger partial charge < -0.3 is 5.32 Å². The van der Waals surface area contributed by atoms with Crippen molar-refractivity contribution < 1.29 is 4.79 Å². The zero-order valence-corrected chi connectivity index (χ0v) is 10.0. The average Bonchev–Trinajstić information content (AvgIpc) is 2.29. The number of hydrogen-bond acceptors (Lipinski definition) is 2. The maximum Gasteiger partial charge on any atom is 0.253 e. The predicted molar refractivity (Wildman–Crippen MR) is 63.3 cm³/mol. The molecule has 0 aliphatic heterocycles. The molecule has 1 aromatic rings. The number of carbonyl (C=O) groups excluding carboxylic acids is 1. The van der Waals surface area contributed by atoms with E-state index in [-0.39, 0.29) is 5.91 Å². The summed E-state index contributed by atoms with van der Waals surface area (Å²) in [4.78, 5) is 11.8. The summed E-state index contributed by atoms with van der Waals surface area (Å²) in [7, 11) is 0. The highest BCUT2D eigenvalue weighted by molar-refractivity contribution is 6.34. The Hall–Kier alpha value is -1.53. The Morgan fingerprint density at radius 3 is 2.88 bits per heavy atom. The maximum absolute atomic E-state index is 11.8. The van der Waals surface area contributed by atoms with Crippen LogP contribution in [0.2, 0.25) is 5.02 Å². The summed E-state index contributed by atoms with van der Waals surface area (Å²) in [6, 6.07) is 6.79. The maximum atomic E-state index is 11.8. The van der Waals surface area contributed by atoms with Crippen LogP contribution in [0.3, 0.4) is 0 Å². The van der Waals surface area contributed by atoms with E-state index in [9.17, 15) is 4.79 Å². The number of benzene rings is 1. The Balaban J connectivity index is 2.90. The van der Waals surface area contributed by atoms with Gasteiger partial charge in [-0.05, 0) is 25.0 Å². The molecule has 1 atom stereocenters. The number of rotatable bonds is 3. The van der Waals surface area contributed by atoms with Crippen molar-refractivity contribution in [1.82, 2.24) is 5.32 Å². The lowest BCUT2D eigenvalue weighted by Crippen LogP contribution is -2.33. The Labute approximate surface area is 100 Å². The predicted octanol–water partition coefficient (Wildman–Crippen LogP) is 2.68. The number of amides is 1. The minimum absolute atomic E-state index is 0.304. The molecule has 0 saturated carbocycles. The first-order chi connectivity index (χ1) is 7.60. The topological polar surface area (TPSA) is 52.9 Å². The molecule has 0 aromatic heterocycles. The number of aryl methyl sites for hydroxylation is 1. The van der Waals surface area contributed by atoms with Crippen molar-refractivity contribution in [1.29, 1.82) is 5.26 Å². The van der Waals surface area contributed by atoms with Gasteiger partial charge in [-0.1, -0.05) is 30.7 Å². The first-order valence-electron chi connectivity index (χ1n) is 5.05. The molecular formula is C12H13ClN2O. The van der Waals surface area contributed by atoms with Crippen molar-refractivity contribution in [3.63, 3.8) is 0 Å². The number of hydrogen-bond donors (Lipinski definition) is 1. The molecule has 1 unspecified atom stereocenters. The fraction of sp³-hybridized carbons (Fsp3) is 0.333. The van der Waals surface area contributed by atoms with Gasteiger partial charge in [-0.3, -0.25) is 4.79 Å². The van der Waals surface area contributed by atoms with Crippen molar-refractivity contribution in [2.75, 3.05) is 0 Å². The molecule has 0 fully saturated rings. The first kappa shape index (κ1) is 12.5. The average molecular weight is 237 g/mol. The molecule has 0 bridgehead atoms. The van der Waals surface area contributed by atoms with Crippen LogP contribution in [-0.2, 0) is 0 Å². The Morgan fingerprint density at radius 2 is 2.31 bits per heavy atom. The van der Waals surface area contributed by atoms with Gasteiger partial charge in [-0.2, -0.15) is 5.26 Å². The fourth-order valence-electron chi connectivity index (χ4n) is 1.28. The molecular weight excluding hydrogens is 224 g/mol. The highest BCUT2D eigenvalue weighted by atomic mass is 35.5. The summed E-state index contributed by atoms with van der Waals surface area (Å²) in [6.45, 7) is 3.67. The molecule has 1 rings (SSSR count). The van der Waals surface area contributed by atoms with Crippen LogP contribution in [0.25, 0.3) is 0 Å². The van der Waals surface area contributed by atoms with E-state index in [0.29, 0.717) is 17.0 Å². The second kappa shape index (κ2) is 5.53. The third-order valence-electron chi connectivity index (χ3n) is 2.31. The van der Waals surface area contributed by atoms with E-state index in [1.807, 2.05) is 26.0 Å². The van der Waals surface area contributed by atoms with Crippen molar-refractivity contribution in [3.8, 4) is 6.07 Å². The van der Waals surface area contributed by atoms with Crippen LogP contribution >= 0.6 is 11.6 Å². The molecule has 1 aromatic carbocycles. The van der Waals surface area contributed by atoms with Gasteiger partial charge in [0.25, 0.3) is 5.91 Å². The Bertz CT molecular complexity index is 437. The number of nitrogens with zero attached hydrogens (tertiary/aromatic N) is 1. The fourth-order valence-corrected chi connectivity index (χ4v) is 1.50. The van der Waals surface area contributed by atoms with E-state index in [0.717, 1.165) is 5.56 Å². The smallest absolute Gasteiger partial charge is 0.253 e. The van der Waals surface area contributed by atoms with E-state index in [1.165, 1.54) is 0 Å². The second-order valence-corrected chi connectivity index (χ2v) is 3.88. The largest absolute Gasteiger partial charge is 0.336 e. The van der Waals surface area contributed by atoms with Gasteiger partial charge in [0.05, 0.1) is 16.7 Å². The third-order valence-corrected chi connectivity index (χ3v) is 2.81. The molecule has 0 aliphatic rings. The molecule has 1 N–H and O–H groups in total. The van der Waals surface area contributed by atoms with Crippen molar-refractivity contribution in [2.45, 2.75) is 26.3 Å². The normalized spacial score (nSPS) is 11.6. The summed E-state index contributed by atoms with van der Waals surface area (Å²) in [6.07, 6.45) is 0.575. The highest BCUT2D eigenvalue weighted by Gasteiger charge is 2.14. The second-order valence-electron chi connectivity index (χ2n) is 3.50. The van der Waals surface area contributed by atoms with Gasteiger partial charge in [-0.25, -0.2) is 0 Å². The summed E-state index contributed by atoms with van der Waals surface area (Å²) in [5, 5.41) is 11.8. The molecule has 0 saturated heterocycles. The summed E-state index contributed by atoms with van der Waals surface area (Å²) < 4.78 is 0. The van der Waals surface area contributed by atoms with Crippen LogP contribution in [0, 0.1) is 18.3 Å². The van der Waals surface area contributed by atoms with Crippen molar-refractivity contribution in [3.05, 3.63) is 34.3 Å². The number of nitrogens with one attached hydrogen (secondary N) is 1. The number of nitriles is 1. The third kappa shape index (κ3) is 2.74. The molecule has 0 spiro atoms. The van der Waals surface area contributed by atoms with Gasteiger partial charge in [-0.15, -0.1) is 0 Å². The molecule has 4 heteroatoms. The summed E-state index contributed by atoms with van der Waals surface area (Å²) >= 11 is 6.01. The van der Waals surface area contributed by atoms with Gasteiger partial charge in [0.2, 0.25) is 0 Å². The van der Waals surface area contributed by atoms with E-state index in [4.69, 9.17) is 16.9 Å². The van der Waals surface area contributed by atoms with E-state index in [1.54, 1.807) is 12.1 Å². The van der Waals surface area contributed by atoms with Crippen LogP contribution < -0.4 is 5.32 Å². The molecule has 0 heterocycles. The van der Waals surface area contributed by atoms with Crippen LogP contribution in [0.5, 0.6) is 0 Å². The van der Waals surface area contributed by atoms with Crippen LogP contribution in [0.4, 0.5) is 0 Å². The van der Waals surface area contributed by atoms with Gasteiger partial charge in [0, 0.05) is 0 Å². The lowest BCUT2D eigenvalue weighted by atomic mass is 10.1. The van der Waals surface area contributed by atoms with Crippen molar-refractivity contribution >= 4 is 17.5 Å². The summed E-state index contributed by atoms with van der Waals surface area (Å²) in [5.74, 6) is -0.304. The van der Waals surface area contributed by atoms with E-state index in [2.05, 4.69) is 5.32 Å². The summed E-state index contributed by atoms with van der Waals surface area (Å²) in [5.41, 5.74) is 1.26. The lowest BCUT2D eigenvalue weighted by molar-refractivity contribution is 0.0944. The van der Waals surface area contributed by atoms with Crippen molar-refractivity contribution in [2.24, 2.45) is 0 Å². The van der Waals surface area contributed by atoms with E-state index < -0.39 is 6.04 Å². The van der Waals surface area contributed by atoms with Crippen LogP contribution in [0.15, 0.2) is 18.2 Å². The first-order valence-corrected chi connectivity index (χ1v) is 5.43. The van der Waals surface area contributed by atoms with Gasteiger partial charge in [0.1, 0.15) is 6.04 Å². The molecule has 3 nitrogen and oxygen atoms in total. The van der Waals surface area contributed by atoms with Crippen LogP contribution in [-0.4, -0.2) is 11.9 Å². The zero-order chi connectivity index (χ0) is 12.1. The minimum Gasteiger partial charge on any atom is -0.336 e. The van der Waals surface area contributed by atoms with Gasteiger partial charge in [0.15, 0.2) is 0 Å². The lowest BCUT2D eigenvalue weighted by Gasteiger charge is -2.10. The Morgan fingerprint density at radius 1 is 1.62 bits per heavy atom. The quantitative estimate of drug-likeness (QED) is 0.877. The van der Waals surface area contributed by atoms with E-state index >= 15 is 0 Å². The zero-order valence-electron chi connectivity index (χ0n) is 9.25. The van der Waals surface area contributed by atoms with Crippen LogP contribution in [0.1, 0.15) is 29.3 Å².